The Bertz CT molecular complexity index is 621. The summed E-state index contributed by atoms with van der Waals surface area (Å²) in [6.07, 6.45) is -25.8. The Morgan fingerprint density at radius 2 is 1.15 bits per heavy atom. The van der Waals surface area contributed by atoms with Crippen LogP contribution < -0.4 is 0 Å². The molecule has 0 aliphatic carbocycles. The van der Waals surface area contributed by atoms with Crippen LogP contribution in [0.1, 0.15) is 0 Å². The summed E-state index contributed by atoms with van der Waals surface area (Å²) in [5.41, 5.74) is 0. The van der Waals surface area contributed by atoms with Crippen molar-refractivity contribution in [3.63, 3.8) is 0 Å². The van der Waals surface area contributed by atoms with E-state index in [2.05, 4.69) is 0 Å². The minimum atomic E-state index is -2.11. The van der Waals surface area contributed by atoms with Gasteiger partial charge in [-0.25, -0.2) is 0 Å². The van der Waals surface area contributed by atoms with Crippen molar-refractivity contribution in [3.05, 3.63) is 0 Å². The summed E-state index contributed by atoms with van der Waals surface area (Å²) >= 11 is 0. The number of aliphatic hydroxyl groups is 11. The second kappa shape index (κ2) is 12.9. The van der Waals surface area contributed by atoms with E-state index in [9.17, 15) is 61.0 Å². The van der Waals surface area contributed by atoms with Gasteiger partial charge in [-0.1, -0.05) is 0 Å². The number of carbonyl (C=O) groups is 1. The van der Waals surface area contributed by atoms with Gasteiger partial charge < -0.3 is 79.9 Å². The zero-order chi connectivity index (χ0) is 25.7. The first-order valence-corrected chi connectivity index (χ1v) is 10.4. The first-order valence-electron chi connectivity index (χ1n) is 10.4. The van der Waals surface area contributed by atoms with Gasteiger partial charge in [0.05, 0.1) is 19.8 Å². The molecule has 2 aliphatic heterocycles. The standard InChI is InChI=1S/C18H32O16/c19-1-5(23)9(24)16(34-18-15(30)13(28)11(26)7(3-21)32-18)8(4-22)33-17-14(29)12(27)10(25)6(2-20)31-17/h4-21,23-30H,1-3H2/t5-,6-,7-,8-,9-,10-,11-,12+,13+,14+,15+,16-,17-,18-/m1/s1. The van der Waals surface area contributed by atoms with Gasteiger partial charge in [0.1, 0.15) is 73.2 Å². The monoisotopic (exact) mass is 504 g/mol. The summed E-state index contributed by atoms with van der Waals surface area (Å²) < 4.78 is 20.9. The topological polar surface area (TPSA) is 277 Å². The Hall–Kier alpha value is -0.930. The normalized spacial score (nSPS) is 42.6. The van der Waals surface area contributed by atoms with Crippen molar-refractivity contribution in [2.75, 3.05) is 19.8 Å². The van der Waals surface area contributed by atoms with Crippen LogP contribution >= 0.6 is 0 Å². The molecule has 0 aromatic heterocycles. The molecule has 0 spiro atoms. The molecule has 2 heterocycles. The second-order valence-electron chi connectivity index (χ2n) is 7.97. The molecule has 16 nitrogen and oxygen atoms in total. The fourth-order valence-electron chi connectivity index (χ4n) is 3.54. The Labute approximate surface area is 192 Å². The van der Waals surface area contributed by atoms with Gasteiger partial charge in [0.25, 0.3) is 0 Å². The van der Waals surface area contributed by atoms with Crippen molar-refractivity contribution in [1.82, 2.24) is 0 Å². The third-order valence-electron chi connectivity index (χ3n) is 5.66. The summed E-state index contributed by atoms with van der Waals surface area (Å²) in [5.74, 6) is 0. The van der Waals surface area contributed by atoms with Gasteiger partial charge in [-0.2, -0.15) is 0 Å². The molecule has 0 bridgehead atoms. The lowest BCUT2D eigenvalue weighted by Crippen LogP contribution is -2.63. The first-order chi connectivity index (χ1) is 16.0. The van der Waals surface area contributed by atoms with Gasteiger partial charge in [0.15, 0.2) is 18.9 Å². The van der Waals surface area contributed by atoms with Crippen molar-refractivity contribution >= 4 is 6.29 Å². The summed E-state index contributed by atoms with van der Waals surface area (Å²) in [6, 6.07) is 0. The van der Waals surface area contributed by atoms with E-state index in [1.165, 1.54) is 0 Å². The SMILES string of the molecule is O=C[C@@H](O[C@H]1O[C@H](CO)[C@@H](O)[C@H](O)[C@@H]1O)[C@@H](O[C@H]1O[C@H](CO)[C@@H](O)[C@H](O)[C@@H]1O)[C@H](O)[C@H](O)CO. The average Bonchev–Trinajstić information content (AvgIpc) is 2.84. The maximum absolute atomic E-state index is 11.8. The lowest BCUT2D eigenvalue weighted by Gasteiger charge is -2.44. The molecular weight excluding hydrogens is 472 g/mol. The van der Waals surface area contributed by atoms with Crippen LogP contribution in [-0.2, 0) is 23.7 Å². The summed E-state index contributed by atoms with van der Waals surface area (Å²) in [7, 11) is 0. The maximum Gasteiger partial charge on any atom is 0.187 e. The molecule has 11 N–H and O–H groups in total. The van der Waals surface area contributed by atoms with Crippen molar-refractivity contribution in [2.24, 2.45) is 0 Å². The van der Waals surface area contributed by atoms with E-state index in [-0.39, 0.29) is 6.29 Å². The van der Waals surface area contributed by atoms with Crippen LogP contribution in [0.2, 0.25) is 0 Å². The van der Waals surface area contributed by atoms with Crippen LogP contribution in [-0.4, -0.2) is 168 Å². The van der Waals surface area contributed by atoms with E-state index in [4.69, 9.17) is 18.9 Å². The van der Waals surface area contributed by atoms with Gasteiger partial charge in [-0.3, -0.25) is 0 Å². The van der Waals surface area contributed by atoms with Crippen LogP contribution in [0.3, 0.4) is 0 Å². The molecule has 2 saturated heterocycles. The largest absolute Gasteiger partial charge is 0.394 e. The van der Waals surface area contributed by atoms with Gasteiger partial charge in [0.2, 0.25) is 0 Å². The number of hydrogen-bond donors (Lipinski definition) is 11. The van der Waals surface area contributed by atoms with E-state index < -0.39 is 106 Å². The van der Waals surface area contributed by atoms with Crippen molar-refractivity contribution in [3.8, 4) is 0 Å². The van der Waals surface area contributed by atoms with Crippen molar-refractivity contribution in [1.29, 1.82) is 0 Å². The van der Waals surface area contributed by atoms with Crippen LogP contribution in [0.15, 0.2) is 0 Å². The highest BCUT2D eigenvalue weighted by Gasteiger charge is 2.49. The maximum atomic E-state index is 11.8. The molecule has 0 aromatic carbocycles. The Balaban J connectivity index is 2.28. The minimum Gasteiger partial charge on any atom is -0.394 e. The van der Waals surface area contributed by atoms with Gasteiger partial charge in [-0.15, -0.1) is 0 Å². The zero-order valence-electron chi connectivity index (χ0n) is 17.7. The number of carbonyl (C=O) groups excluding carboxylic acids is 1. The molecule has 0 unspecified atom stereocenters. The molecular formula is C18H32O16. The van der Waals surface area contributed by atoms with Crippen LogP contribution in [0, 0.1) is 0 Å². The molecule has 34 heavy (non-hydrogen) atoms. The van der Waals surface area contributed by atoms with Crippen molar-refractivity contribution in [2.45, 2.75) is 85.8 Å². The molecule has 2 rings (SSSR count). The summed E-state index contributed by atoms with van der Waals surface area (Å²) in [6.45, 7) is -2.66. The summed E-state index contributed by atoms with van der Waals surface area (Å²) in [4.78, 5) is 11.8. The molecule has 16 heteroatoms. The van der Waals surface area contributed by atoms with E-state index in [0.29, 0.717) is 0 Å². The number of aliphatic hydroxyl groups excluding tert-OH is 11. The lowest BCUT2D eigenvalue weighted by atomic mass is 9.98. The zero-order valence-corrected chi connectivity index (χ0v) is 17.7. The highest BCUT2D eigenvalue weighted by molar-refractivity contribution is 5.57. The Morgan fingerprint density at radius 3 is 1.53 bits per heavy atom. The molecule has 2 fully saturated rings. The average molecular weight is 504 g/mol. The third kappa shape index (κ3) is 6.25. The van der Waals surface area contributed by atoms with E-state index in [0.717, 1.165) is 0 Å². The summed E-state index contributed by atoms with van der Waals surface area (Å²) in [5, 5.41) is 108. The number of rotatable bonds is 11. The number of hydrogen-bond acceptors (Lipinski definition) is 16. The molecule has 0 radical (unpaired) electrons. The Kier molecular flexibility index (Phi) is 11.1. The van der Waals surface area contributed by atoms with Crippen LogP contribution in [0.25, 0.3) is 0 Å². The third-order valence-corrected chi connectivity index (χ3v) is 5.66. The Morgan fingerprint density at radius 1 is 0.706 bits per heavy atom. The van der Waals surface area contributed by atoms with E-state index >= 15 is 0 Å². The van der Waals surface area contributed by atoms with Gasteiger partial charge in [-0.05, 0) is 0 Å². The fourth-order valence-corrected chi connectivity index (χ4v) is 3.54. The predicted octanol–water partition coefficient (Wildman–Crippen LogP) is -7.73. The smallest absolute Gasteiger partial charge is 0.187 e. The molecule has 200 valence electrons. The highest BCUT2D eigenvalue weighted by atomic mass is 16.7. The minimum absolute atomic E-state index is 0.0173. The molecule has 2 aliphatic rings. The lowest BCUT2D eigenvalue weighted by molar-refractivity contribution is -0.344. The van der Waals surface area contributed by atoms with Gasteiger partial charge >= 0.3 is 0 Å². The first kappa shape index (κ1) is 29.3. The van der Waals surface area contributed by atoms with Gasteiger partial charge in [0, 0.05) is 0 Å². The van der Waals surface area contributed by atoms with E-state index in [1.54, 1.807) is 0 Å². The number of ether oxygens (including phenoxy) is 4. The van der Waals surface area contributed by atoms with Crippen molar-refractivity contribution < 1.29 is 79.9 Å². The molecule has 0 amide bonds. The van der Waals surface area contributed by atoms with Crippen LogP contribution in [0.5, 0.6) is 0 Å². The highest BCUT2D eigenvalue weighted by Crippen LogP contribution is 2.28. The van der Waals surface area contributed by atoms with E-state index in [1.807, 2.05) is 0 Å². The number of aldehydes is 1. The molecule has 14 atom stereocenters. The van der Waals surface area contributed by atoms with Crippen LogP contribution in [0.4, 0.5) is 0 Å². The quantitative estimate of drug-likeness (QED) is 0.117. The fraction of sp³-hybridized carbons (Fsp3) is 0.944. The molecule has 0 saturated carbocycles. The predicted molar refractivity (Wildman–Crippen MR) is 102 cm³/mol. The second-order valence-corrected chi connectivity index (χ2v) is 7.97. The molecule has 0 aromatic rings.